The van der Waals surface area contributed by atoms with E-state index in [1.165, 1.54) is 26.4 Å². The lowest BCUT2D eigenvalue weighted by Gasteiger charge is -2.36. The monoisotopic (exact) mass is 296 g/mol. The molecule has 1 aromatic carbocycles. The molecule has 1 saturated heterocycles. The molecule has 0 aromatic heterocycles. The first-order chi connectivity index (χ1) is 9.97. The van der Waals surface area contributed by atoms with Gasteiger partial charge in [0, 0.05) is 24.7 Å². The third-order valence-electron chi connectivity index (χ3n) is 3.88. The van der Waals surface area contributed by atoms with E-state index in [2.05, 4.69) is 0 Å². The van der Waals surface area contributed by atoms with E-state index in [-0.39, 0.29) is 29.3 Å². The lowest BCUT2D eigenvalue weighted by atomic mass is 9.98. The molecule has 6 heteroatoms. The molecule has 0 aliphatic carbocycles. The van der Waals surface area contributed by atoms with Gasteiger partial charge in [0.1, 0.15) is 5.82 Å². The van der Waals surface area contributed by atoms with Crippen LogP contribution in [-0.4, -0.2) is 43.7 Å². The number of likely N-dealkylation sites (tertiary alicyclic amines) is 1. The van der Waals surface area contributed by atoms with Gasteiger partial charge in [-0.3, -0.25) is 4.79 Å². The number of piperidine rings is 1. The molecule has 2 atom stereocenters. The molecule has 116 valence electrons. The summed E-state index contributed by atoms with van der Waals surface area (Å²) >= 11 is 0. The summed E-state index contributed by atoms with van der Waals surface area (Å²) in [7, 11) is 2.87. The van der Waals surface area contributed by atoms with E-state index < -0.39 is 5.82 Å². The maximum Gasteiger partial charge on any atom is 0.257 e. The Bertz CT molecular complexity index is 536. The molecule has 2 N–H and O–H groups in total. The number of hydrogen-bond donors (Lipinski definition) is 1. The van der Waals surface area contributed by atoms with Gasteiger partial charge in [-0.1, -0.05) is 0 Å². The Hall–Kier alpha value is -1.82. The predicted molar refractivity (Wildman–Crippen MR) is 77.2 cm³/mol. The molecule has 1 aliphatic heterocycles. The van der Waals surface area contributed by atoms with Crippen molar-refractivity contribution < 1.29 is 18.7 Å². The predicted octanol–water partition coefficient (Wildman–Crippen LogP) is 1.79. The second kappa shape index (κ2) is 6.30. The average Bonchev–Trinajstić information content (AvgIpc) is 2.46. The summed E-state index contributed by atoms with van der Waals surface area (Å²) in [5.41, 5.74) is 5.89. The zero-order chi connectivity index (χ0) is 15.6. The number of nitrogens with two attached hydrogens (primary N) is 1. The lowest BCUT2D eigenvalue weighted by Crippen LogP contribution is -2.48. The highest BCUT2D eigenvalue weighted by molar-refractivity contribution is 5.95. The summed E-state index contributed by atoms with van der Waals surface area (Å²) in [6, 6.07) is 2.65. The SMILES string of the molecule is COc1cc(F)c(C(=O)N2CC[C@@H](N)C[C@H]2C)cc1OC. The molecule has 0 saturated carbocycles. The number of nitrogens with zero attached hydrogens (tertiary/aromatic N) is 1. The topological polar surface area (TPSA) is 64.8 Å². The van der Waals surface area contributed by atoms with E-state index in [9.17, 15) is 9.18 Å². The smallest absolute Gasteiger partial charge is 0.257 e. The highest BCUT2D eigenvalue weighted by Crippen LogP contribution is 2.31. The zero-order valence-electron chi connectivity index (χ0n) is 12.6. The number of rotatable bonds is 3. The van der Waals surface area contributed by atoms with Gasteiger partial charge in [0.05, 0.1) is 19.8 Å². The molecule has 2 rings (SSSR count). The molecule has 1 fully saturated rings. The number of carbonyl (C=O) groups is 1. The van der Waals surface area contributed by atoms with Gasteiger partial charge >= 0.3 is 0 Å². The van der Waals surface area contributed by atoms with Gasteiger partial charge in [0.2, 0.25) is 0 Å². The first kappa shape index (κ1) is 15.6. The van der Waals surface area contributed by atoms with Gasteiger partial charge in [-0.25, -0.2) is 4.39 Å². The second-order valence-electron chi connectivity index (χ2n) is 5.32. The molecule has 1 amide bonds. The van der Waals surface area contributed by atoms with Crippen LogP contribution in [0.15, 0.2) is 12.1 Å². The van der Waals surface area contributed by atoms with Crippen molar-refractivity contribution in [3.8, 4) is 11.5 Å². The minimum absolute atomic E-state index is 0.00466. The minimum atomic E-state index is -0.611. The summed E-state index contributed by atoms with van der Waals surface area (Å²) in [6.45, 7) is 2.46. The van der Waals surface area contributed by atoms with Crippen LogP contribution in [-0.2, 0) is 0 Å². The van der Waals surface area contributed by atoms with Crippen LogP contribution in [0.5, 0.6) is 11.5 Å². The number of methoxy groups -OCH3 is 2. The van der Waals surface area contributed by atoms with Gasteiger partial charge in [-0.15, -0.1) is 0 Å². The Kier molecular flexibility index (Phi) is 4.67. The number of ether oxygens (including phenoxy) is 2. The maximum absolute atomic E-state index is 14.2. The second-order valence-corrected chi connectivity index (χ2v) is 5.32. The van der Waals surface area contributed by atoms with Crippen molar-refractivity contribution in [1.82, 2.24) is 4.90 Å². The first-order valence-corrected chi connectivity index (χ1v) is 6.96. The van der Waals surface area contributed by atoms with Gasteiger partial charge in [0.15, 0.2) is 11.5 Å². The van der Waals surface area contributed by atoms with E-state index in [0.29, 0.717) is 12.3 Å². The number of benzene rings is 1. The molecule has 1 aromatic rings. The van der Waals surface area contributed by atoms with Crippen molar-refractivity contribution in [2.75, 3.05) is 20.8 Å². The van der Waals surface area contributed by atoms with Crippen LogP contribution in [0.25, 0.3) is 0 Å². The third-order valence-corrected chi connectivity index (χ3v) is 3.88. The summed E-state index contributed by atoms with van der Waals surface area (Å²) in [5, 5.41) is 0. The third kappa shape index (κ3) is 3.10. The highest BCUT2D eigenvalue weighted by Gasteiger charge is 2.30. The molecule has 21 heavy (non-hydrogen) atoms. The quantitative estimate of drug-likeness (QED) is 0.923. The van der Waals surface area contributed by atoms with E-state index in [1.807, 2.05) is 6.92 Å². The van der Waals surface area contributed by atoms with Crippen molar-refractivity contribution in [1.29, 1.82) is 0 Å². The van der Waals surface area contributed by atoms with Gasteiger partial charge in [0.25, 0.3) is 5.91 Å². The standard InChI is InChI=1S/C15H21FN2O3/c1-9-6-10(17)4-5-18(9)15(19)11-7-13(20-2)14(21-3)8-12(11)16/h7-10H,4-6,17H2,1-3H3/t9-,10-/m1/s1. The molecule has 5 nitrogen and oxygen atoms in total. The van der Waals surface area contributed by atoms with Crippen LogP contribution in [0.4, 0.5) is 4.39 Å². The van der Waals surface area contributed by atoms with E-state index in [0.717, 1.165) is 12.8 Å². The number of amides is 1. The Morgan fingerprint density at radius 1 is 1.33 bits per heavy atom. The van der Waals surface area contributed by atoms with Gasteiger partial charge in [-0.05, 0) is 25.8 Å². The summed E-state index contributed by atoms with van der Waals surface area (Å²) in [6.07, 6.45) is 1.45. The molecule has 0 spiro atoms. The largest absolute Gasteiger partial charge is 0.493 e. The zero-order valence-corrected chi connectivity index (χ0v) is 12.6. The Morgan fingerprint density at radius 2 is 1.95 bits per heavy atom. The summed E-state index contributed by atoms with van der Waals surface area (Å²) in [4.78, 5) is 14.2. The van der Waals surface area contributed by atoms with Crippen molar-refractivity contribution >= 4 is 5.91 Å². The molecular formula is C15H21FN2O3. The van der Waals surface area contributed by atoms with Crippen molar-refractivity contribution in [3.05, 3.63) is 23.5 Å². The first-order valence-electron chi connectivity index (χ1n) is 6.96. The number of halogens is 1. The van der Waals surface area contributed by atoms with Crippen molar-refractivity contribution in [2.24, 2.45) is 5.73 Å². The van der Waals surface area contributed by atoms with Gasteiger partial charge < -0.3 is 20.1 Å². The molecule has 1 heterocycles. The fourth-order valence-corrected chi connectivity index (χ4v) is 2.68. The minimum Gasteiger partial charge on any atom is -0.493 e. The van der Waals surface area contributed by atoms with Crippen LogP contribution in [0.2, 0.25) is 0 Å². The highest BCUT2D eigenvalue weighted by atomic mass is 19.1. The van der Waals surface area contributed by atoms with Crippen molar-refractivity contribution in [2.45, 2.75) is 31.8 Å². The van der Waals surface area contributed by atoms with E-state index in [4.69, 9.17) is 15.2 Å². The molecular weight excluding hydrogens is 275 g/mol. The van der Waals surface area contributed by atoms with Crippen molar-refractivity contribution in [3.63, 3.8) is 0 Å². The van der Waals surface area contributed by atoms with Crippen LogP contribution >= 0.6 is 0 Å². The maximum atomic E-state index is 14.2. The normalized spacial score (nSPS) is 22.0. The van der Waals surface area contributed by atoms with Gasteiger partial charge in [-0.2, -0.15) is 0 Å². The molecule has 0 unspecified atom stereocenters. The van der Waals surface area contributed by atoms with Crippen LogP contribution in [0, 0.1) is 5.82 Å². The lowest BCUT2D eigenvalue weighted by molar-refractivity contribution is 0.0614. The Labute approximate surface area is 123 Å². The van der Waals surface area contributed by atoms with E-state index >= 15 is 0 Å². The van der Waals surface area contributed by atoms with E-state index in [1.54, 1.807) is 4.90 Å². The van der Waals surface area contributed by atoms with Crippen LogP contribution in [0.3, 0.4) is 0 Å². The van der Waals surface area contributed by atoms with Crippen LogP contribution in [0.1, 0.15) is 30.1 Å². The fourth-order valence-electron chi connectivity index (χ4n) is 2.68. The number of hydrogen-bond acceptors (Lipinski definition) is 4. The Balaban J connectivity index is 2.30. The fraction of sp³-hybridized carbons (Fsp3) is 0.533. The Morgan fingerprint density at radius 3 is 2.52 bits per heavy atom. The molecule has 0 radical (unpaired) electrons. The molecule has 1 aliphatic rings. The molecule has 0 bridgehead atoms. The van der Waals surface area contributed by atoms with Crippen LogP contribution < -0.4 is 15.2 Å². The summed E-state index contributed by atoms with van der Waals surface area (Å²) in [5.74, 6) is -0.351. The number of carbonyl (C=O) groups excluding carboxylic acids is 1. The average molecular weight is 296 g/mol. The summed E-state index contributed by atoms with van der Waals surface area (Å²) < 4.78 is 24.3.